The summed E-state index contributed by atoms with van der Waals surface area (Å²) in [5.41, 5.74) is 1.44. The molecule has 26 heavy (non-hydrogen) atoms. The standard InChI is InChI=1S/C19H18Cl4N2O/c20-14-5-1-6-15(21)13(14)11-25-9-3-4-12(10-25)19(26)24-17-8-2-7-16(22)18(17)23/h1-2,5-8,12H,3-4,9-11H2,(H,24,26)/t12-/m0/s1. The molecule has 1 saturated heterocycles. The highest BCUT2D eigenvalue weighted by molar-refractivity contribution is 6.44. The molecule has 0 aliphatic carbocycles. The van der Waals surface area contributed by atoms with Crippen molar-refractivity contribution in [3.8, 4) is 0 Å². The molecule has 0 unspecified atom stereocenters. The Morgan fingerprint density at radius 3 is 2.42 bits per heavy atom. The smallest absolute Gasteiger partial charge is 0.228 e. The van der Waals surface area contributed by atoms with E-state index in [1.165, 1.54) is 0 Å². The van der Waals surface area contributed by atoms with Crippen molar-refractivity contribution in [1.29, 1.82) is 0 Å². The van der Waals surface area contributed by atoms with Gasteiger partial charge in [0.25, 0.3) is 0 Å². The van der Waals surface area contributed by atoms with Gasteiger partial charge in [-0.1, -0.05) is 58.5 Å². The predicted molar refractivity (Wildman–Crippen MR) is 110 cm³/mol. The van der Waals surface area contributed by atoms with Crippen LogP contribution in [0.2, 0.25) is 20.1 Å². The van der Waals surface area contributed by atoms with Crippen molar-refractivity contribution in [3.63, 3.8) is 0 Å². The summed E-state index contributed by atoms with van der Waals surface area (Å²) in [6.45, 7) is 2.18. The van der Waals surface area contributed by atoms with Gasteiger partial charge in [-0.05, 0) is 43.7 Å². The Morgan fingerprint density at radius 2 is 1.69 bits per heavy atom. The molecule has 0 spiro atoms. The number of piperidine rings is 1. The second kappa shape index (κ2) is 8.81. The van der Waals surface area contributed by atoms with Gasteiger partial charge in [0.1, 0.15) is 0 Å². The molecule has 138 valence electrons. The normalized spacial score (nSPS) is 17.9. The van der Waals surface area contributed by atoms with Crippen LogP contribution in [-0.2, 0) is 11.3 Å². The Labute approximate surface area is 173 Å². The number of nitrogens with zero attached hydrogens (tertiary/aromatic N) is 1. The molecule has 1 aliphatic rings. The maximum Gasteiger partial charge on any atom is 0.228 e. The number of likely N-dealkylation sites (tertiary alicyclic amines) is 1. The van der Waals surface area contributed by atoms with E-state index in [1.807, 2.05) is 18.2 Å². The molecular formula is C19H18Cl4N2O. The lowest BCUT2D eigenvalue weighted by molar-refractivity contribution is -0.121. The topological polar surface area (TPSA) is 32.3 Å². The Bertz CT molecular complexity index is 792. The first-order valence-corrected chi connectivity index (χ1v) is 9.87. The number of hydrogen-bond acceptors (Lipinski definition) is 2. The number of carbonyl (C=O) groups is 1. The first-order chi connectivity index (χ1) is 12.5. The van der Waals surface area contributed by atoms with Gasteiger partial charge in [0, 0.05) is 28.7 Å². The molecule has 2 aromatic rings. The highest BCUT2D eigenvalue weighted by Gasteiger charge is 2.27. The van der Waals surface area contributed by atoms with E-state index in [1.54, 1.807) is 18.2 Å². The van der Waals surface area contributed by atoms with Gasteiger partial charge in [-0.3, -0.25) is 9.69 Å². The third kappa shape index (κ3) is 4.65. The van der Waals surface area contributed by atoms with E-state index in [-0.39, 0.29) is 11.8 Å². The van der Waals surface area contributed by atoms with Gasteiger partial charge in [-0.25, -0.2) is 0 Å². The number of halogens is 4. The molecule has 3 nitrogen and oxygen atoms in total. The SMILES string of the molecule is O=C(Nc1cccc(Cl)c1Cl)[C@H]1CCCN(Cc2c(Cl)cccc2Cl)C1. The van der Waals surface area contributed by atoms with E-state index in [9.17, 15) is 4.79 Å². The maximum absolute atomic E-state index is 12.7. The molecule has 0 bridgehead atoms. The first kappa shape index (κ1) is 19.8. The summed E-state index contributed by atoms with van der Waals surface area (Å²) in [4.78, 5) is 14.9. The Balaban J connectivity index is 1.66. The summed E-state index contributed by atoms with van der Waals surface area (Å²) in [5, 5.41) is 4.97. The summed E-state index contributed by atoms with van der Waals surface area (Å²) >= 11 is 24.7. The van der Waals surface area contributed by atoms with Crippen LogP contribution in [-0.4, -0.2) is 23.9 Å². The van der Waals surface area contributed by atoms with Gasteiger partial charge < -0.3 is 5.32 Å². The number of benzene rings is 2. The Kier molecular flexibility index (Phi) is 6.70. The van der Waals surface area contributed by atoms with Gasteiger partial charge >= 0.3 is 0 Å². The molecule has 1 aliphatic heterocycles. The minimum atomic E-state index is -0.125. The minimum absolute atomic E-state index is 0.0517. The van der Waals surface area contributed by atoms with Crippen LogP contribution in [0.25, 0.3) is 0 Å². The van der Waals surface area contributed by atoms with Crippen molar-refractivity contribution >= 4 is 58.0 Å². The van der Waals surface area contributed by atoms with E-state index in [2.05, 4.69) is 10.2 Å². The minimum Gasteiger partial charge on any atom is -0.324 e. The average Bonchev–Trinajstić information content (AvgIpc) is 2.62. The zero-order valence-corrected chi connectivity index (χ0v) is 17.0. The van der Waals surface area contributed by atoms with Crippen molar-refractivity contribution in [2.24, 2.45) is 5.92 Å². The van der Waals surface area contributed by atoms with E-state index in [0.717, 1.165) is 24.9 Å². The summed E-state index contributed by atoms with van der Waals surface area (Å²) in [5.74, 6) is -0.177. The molecule has 0 aromatic heterocycles. The summed E-state index contributed by atoms with van der Waals surface area (Å²) in [7, 11) is 0. The number of anilines is 1. The summed E-state index contributed by atoms with van der Waals surface area (Å²) in [6.07, 6.45) is 1.76. The van der Waals surface area contributed by atoms with E-state index in [4.69, 9.17) is 46.4 Å². The monoisotopic (exact) mass is 430 g/mol. The predicted octanol–water partition coefficient (Wildman–Crippen LogP) is 6.15. The molecule has 1 amide bonds. The van der Waals surface area contributed by atoms with Crippen LogP contribution in [0.1, 0.15) is 18.4 Å². The number of hydrogen-bond donors (Lipinski definition) is 1. The van der Waals surface area contributed by atoms with Crippen molar-refractivity contribution in [1.82, 2.24) is 4.90 Å². The average molecular weight is 432 g/mol. The van der Waals surface area contributed by atoms with Crippen LogP contribution < -0.4 is 5.32 Å². The summed E-state index contributed by atoms with van der Waals surface area (Å²) < 4.78 is 0. The fourth-order valence-electron chi connectivity index (χ4n) is 3.16. The highest BCUT2D eigenvalue weighted by Crippen LogP contribution is 2.31. The van der Waals surface area contributed by atoms with Crippen molar-refractivity contribution in [2.45, 2.75) is 19.4 Å². The van der Waals surface area contributed by atoms with Gasteiger partial charge in [0.15, 0.2) is 0 Å². The second-order valence-electron chi connectivity index (χ2n) is 6.37. The molecule has 1 fully saturated rings. The highest BCUT2D eigenvalue weighted by atomic mass is 35.5. The third-order valence-corrected chi connectivity index (χ3v) is 6.06. The maximum atomic E-state index is 12.7. The van der Waals surface area contributed by atoms with Crippen LogP contribution in [0, 0.1) is 5.92 Å². The Hall–Kier alpha value is -0.970. The van der Waals surface area contributed by atoms with Gasteiger partial charge in [-0.2, -0.15) is 0 Å². The van der Waals surface area contributed by atoms with E-state index >= 15 is 0 Å². The molecule has 3 rings (SSSR count). The number of nitrogens with one attached hydrogen (secondary N) is 1. The van der Waals surface area contributed by atoms with E-state index < -0.39 is 0 Å². The largest absolute Gasteiger partial charge is 0.324 e. The lowest BCUT2D eigenvalue weighted by atomic mass is 9.96. The third-order valence-electron chi connectivity index (χ3n) is 4.53. The van der Waals surface area contributed by atoms with Crippen molar-refractivity contribution < 1.29 is 4.79 Å². The molecular weight excluding hydrogens is 414 g/mol. The fraction of sp³-hybridized carbons (Fsp3) is 0.316. The lowest BCUT2D eigenvalue weighted by Crippen LogP contribution is -2.40. The fourth-order valence-corrected chi connectivity index (χ4v) is 4.02. The van der Waals surface area contributed by atoms with Gasteiger partial charge in [0.05, 0.1) is 21.7 Å². The van der Waals surface area contributed by atoms with Crippen molar-refractivity contribution in [3.05, 3.63) is 62.1 Å². The molecule has 1 N–H and O–H groups in total. The zero-order valence-electron chi connectivity index (χ0n) is 13.9. The van der Waals surface area contributed by atoms with Crippen LogP contribution >= 0.6 is 46.4 Å². The zero-order chi connectivity index (χ0) is 18.7. The lowest BCUT2D eigenvalue weighted by Gasteiger charge is -2.32. The number of rotatable bonds is 4. The molecule has 0 saturated carbocycles. The van der Waals surface area contributed by atoms with Crippen LogP contribution in [0.4, 0.5) is 5.69 Å². The van der Waals surface area contributed by atoms with Gasteiger partial charge in [0.2, 0.25) is 5.91 Å². The summed E-state index contributed by atoms with van der Waals surface area (Å²) in [6, 6.07) is 10.7. The van der Waals surface area contributed by atoms with Crippen LogP contribution in [0.5, 0.6) is 0 Å². The number of carbonyl (C=O) groups excluding carboxylic acids is 1. The first-order valence-electron chi connectivity index (χ1n) is 8.36. The molecule has 2 aromatic carbocycles. The Morgan fingerprint density at radius 1 is 1.04 bits per heavy atom. The molecule has 7 heteroatoms. The van der Waals surface area contributed by atoms with Crippen LogP contribution in [0.3, 0.4) is 0 Å². The van der Waals surface area contributed by atoms with E-state index in [0.29, 0.717) is 38.9 Å². The molecule has 1 atom stereocenters. The second-order valence-corrected chi connectivity index (χ2v) is 7.96. The molecule has 1 heterocycles. The van der Waals surface area contributed by atoms with Crippen molar-refractivity contribution in [2.75, 3.05) is 18.4 Å². The molecule has 0 radical (unpaired) electrons. The van der Waals surface area contributed by atoms with Gasteiger partial charge in [-0.15, -0.1) is 0 Å². The number of amides is 1. The quantitative estimate of drug-likeness (QED) is 0.629. The van der Waals surface area contributed by atoms with Crippen LogP contribution in [0.15, 0.2) is 36.4 Å².